The number of anilines is 1. The van der Waals surface area contributed by atoms with Gasteiger partial charge in [0.15, 0.2) is 0 Å². The molecule has 0 spiro atoms. The number of nitrogens with zero attached hydrogens (tertiary/aromatic N) is 1. The van der Waals surface area contributed by atoms with Gasteiger partial charge in [-0.25, -0.2) is 4.79 Å². The van der Waals surface area contributed by atoms with E-state index in [-0.39, 0.29) is 17.8 Å². The molecule has 0 saturated carbocycles. The summed E-state index contributed by atoms with van der Waals surface area (Å²) in [4.78, 5) is 25.1. The van der Waals surface area contributed by atoms with Crippen LogP contribution in [0.15, 0.2) is 18.2 Å². The number of hydrogen-bond donors (Lipinski definition) is 0. The zero-order chi connectivity index (χ0) is 13.1. The fraction of sp³-hybridized carbons (Fsp3) is 0.385. The van der Waals surface area contributed by atoms with E-state index in [0.717, 1.165) is 24.1 Å². The molecule has 0 aliphatic carbocycles. The summed E-state index contributed by atoms with van der Waals surface area (Å²) in [6.45, 7) is 0.642. The topological polar surface area (TPSA) is 46.6 Å². The number of amides is 1. The van der Waals surface area contributed by atoms with Gasteiger partial charge in [0, 0.05) is 12.2 Å². The Kier molecular flexibility index (Phi) is 3.87. The zero-order valence-corrected chi connectivity index (χ0v) is 10.9. The highest BCUT2D eigenvalue weighted by Crippen LogP contribution is 2.30. The van der Waals surface area contributed by atoms with Gasteiger partial charge in [-0.05, 0) is 30.5 Å². The van der Waals surface area contributed by atoms with Gasteiger partial charge in [0.1, 0.15) is 5.88 Å². The highest BCUT2D eigenvalue weighted by Gasteiger charge is 2.25. The van der Waals surface area contributed by atoms with E-state index in [9.17, 15) is 9.59 Å². The summed E-state index contributed by atoms with van der Waals surface area (Å²) in [5.41, 5.74) is 2.17. The number of alkyl halides is 1. The van der Waals surface area contributed by atoms with Crippen LogP contribution in [-0.2, 0) is 16.0 Å². The monoisotopic (exact) mass is 267 g/mol. The maximum absolute atomic E-state index is 11.8. The van der Waals surface area contributed by atoms with E-state index in [0.29, 0.717) is 12.1 Å². The van der Waals surface area contributed by atoms with Crippen molar-refractivity contribution in [1.29, 1.82) is 0 Å². The number of ether oxygens (including phenoxy) is 1. The second-order valence-electron chi connectivity index (χ2n) is 4.08. The Labute approximate surface area is 110 Å². The molecule has 0 fully saturated rings. The molecule has 0 unspecified atom stereocenters. The number of esters is 1. The van der Waals surface area contributed by atoms with Gasteiger partial charge in [-0.3, -0.25) is 4.79 Å². The molecular formula is C13H14ClNO3. The molecule has 0 bridgehead atoms. The number of benzene rings is 1. The molecule has 0 N–H and O–H groups in total. The summed E-state index contributed by atoms with van der Waals surface area (Å²) >= 11 is 5.60. The second kappa shape index (κ2) is 5.40. The van der Waals surface area contributed by atoms with Crippen LogP contribution in [0, 0.1) is 0 Å². The maximum atomic E-state index is 11.8. The fourth-order valence-electron chi connectivity index (χ4n) is 2.26. The van der Waals surface area contributed by atoms with Gasteiger partial charge in [0.25, 0.3) is 0 Å². The first kappa shape index (κ1) is 12.9. The molecular weight excluding hydrogens is 254 g/mol. The molecule has 0 radical (unpaired) electrons. The van der Waals surface area contributed by atoms with E-state index in [1.54, 1.807) is 17.0 Å². The Morgan fingerprint density at radius 2 is 2.22 bits per heavy atom. The molecule has 4 nitrogen and oxygen atoms in total. The van der Waals surface area contributed by atoms with E-state index in [4.69, 9.17) is 16.3 Å². The van der Waals surface area contributed by atoms with Gasteiger partial charge < -0.3 is 9.64 Å². The van der Waals surface area contributed by atoms with Crippen molar-refractivity contribution >= 4 is 29.2 Å². The molecule has 0 aromatic heterocycles. The van der Waals surface area contributed by atoms with E-state index in [2.05, 4.69) is 0 Å². The van der Waals surface area contributed by atoms with Crippen molar-refractivity contribution in [3.63, 3.8) is 0 Å². The van der Waals surface area contributed by atoms with Gasteiger partial charge in [0.2, 0.25) is 5.91 Å². The number of hydrogen-bond acceptors (Lipinski definition) is 3. The van der Waals surface area contributed by atoms with Crippen molar-refractivity contribution in [2.45, 2.75) is 12.8 Å². The first-order valence-electron chi connectivity index (χ1n) is 5.75. The number of carbonyl (C=O) groups excluding carboxylic acids is 2. The minimum atomic E-state index is -0.368. The lowest BCUT2D eigenvalue weighted by Crippen LogP contribution is -2.36. The molecule has 18 heavy (non-hydrogen) atoms. The summed E-state index contributed by atoms with van der Waals surface area (Å²) in [5, 5.41) is 0. The lowest BCUT2D eigenvalue weighted by atomic mass is 9.96. The van der Waals surface area contributed by atoms with Crippen LogP contribution < -0.4 is 4.90 Å². The highest BCUT2D eigenvalue weighted by atomic mass is 35.5. The van der Waals surface area contributed by atoms with Gasteiger partial charge >= 0.3 is 5.97 Å². The Morgan fingerprint density at radius 1 is 1.44 bits per heavy atom. The lowest BCUT2D eigenvalue weighted by molar-refractivity contribution is -0.116. The SMILES string of the molecule is COC(=O)c1cccc2c1CCCN2C(=O)CCl. The van der Waals surface area contributed by atoms with E-state index < -0.39 is 0 Å². The van der Waals surface area contributed by atoms with Crippen LogP contribution in [0.4, 0.5) is 5.69 Å². The van der Waals surface area contributed by atoms with Crippen LogP contribution >= 0.6 is 11.6 Å². The Hall–Kier alpha value is -1.55. The molecule has 1 amide bonds. The van der Waals surface area contributed by atoms with Crippen LogP contribution in [0.1, 0.15) is 22.3 Å². The zero-order valence-electron chi connectivity index (χ0n) is 10.1. The van der Waals surface area contributed by atoms with Crippen LogP contribution in [0.3, 0.4) is 0 Å². The van der Waals surface area contributed by atoms with Crippen molar-refractivity contribution in [3.8, 4) is 0 Å². The number of fused-ring (bicyclic) bond motifs is 1. The summed E-state index contributed by atoms with van der Waals surface area (Å²) in [5.74, 6) is -0.561. The van der Waals surface area contributed by atoms with Crippen molar-refractivity contribution < 1.29 is 14.3 Å². The predicted octanol–water partition coefficient (Wildman–Crippen LogP) is 1.99. The Bertz CT molecular complexity index is 487. The normalized spacial score (nSPS) is 14.0. The molecule has 1 aromatic rings. The lowest BCUT2D eigenvalue weighted by Gasteiger charge is -2.30. The third-order valence-electron chi connectivity index (χ3n) is 3.07. The summed E-state index contributed by atoms with van der Waals surface area (Å²) in [6.07, 6.45) is 1.59. The number of methoxy groups -OCH3 is 1. The minimum absolute atomic E-state index is 0.0537. The van der Waals surface area contributed by atoms with Crippen LogP contribution in [0.5, 0.6) is 0 Å². The molecule has 0 saturated heterocycles. The standard InChI is InChI=1S/C13H14ClNO3/c1-18-13(17)10-4-2-6-11-9(10)5-3-7-15(11)12(16)8-14/h2,4,6H,3,5,7-8H2,1H3. The van der Waals surface area contributed by atoms with Crippen LogP contribution in [0.25, 0.3) is 0 Å². The molecule has 1 heterocycles. The molecule has 0 atom stereocenters. The largest absolute Gasteiger partial charge is 0.465 e. The molecule has 1 aliphatic heterocycles. The Balaban J connectivity index is 2.47. The molecule has 1 aromatic carbocycles. The average molecular weight is 268 g/mol. The van der Waals surface area contributed by atoms with Crippen molar-refractivity contribution in [1.82, 2.24) is 0 Å². The van der Waals surface area contributed by atoms with Crippen LogP contribution in [-0.4, -0.2) is 31.4 Å². The fourth-order valence-corrected chi connectivity index (χ4v) is 2.40. The quantitative estimate of drug-likeness (QED) is 0.608. The van der Waals surface area contributed by atoms with Gasteiger partial charge in [-0.15, -0.1) is 11.6 Å². The number of halogens is 1. The van der Waals surface area contributed by atoms with E-state index >= 15 is 0 Å². The summed E-state index contributed by atoms with van der Waals surface area (Å²) in [6, 6.07) is 5.32. The average Bonchev–Trinajstić information content (AvgIpc) is 2.44. The minimum Gasteiger partial charge on any atom is -0.465 e. The van der Waals surface area contributed by atoms with E-state index in [1.807, 2.05) is 6.07 Å². The third kappa shape index (κ3) is 2.20. The van der Waals surface area contributed by atoms with Crippen molar-refractivity contribution in [2.24, 2.45) is 0 Å². The molecule has 1 aliphatic rings. The third-order valence-corrected chi connectivity index (χ3v) is 3.30. The maximum Gasteiger partial charge on any atom is 0.338 e. The smallest absolute Gasteiger partial charge is 0.338 e. The molecule has 2 rings (SSSR count). The van der Waals surface area contributed by atoms with Crippen molar-refractivity contribution in [3.05, 3.63) is 29.3 Å². The summed E-state index contributed by atoms with van der Waals surface area (Å²) < 4.78 is 4.76. The second-order valence-corrected chi connectivity index (χ2v) is 4.34. The first-order valence-corrected chi connectivity index (χ1v) is 6.29. The van der Waals surface area contributed by atoms with E-state index in [1.165, 1.54) is 7.11 Å². The number of rotatable bonds is 2. The molecule has 5 heteroatoms. The highest BCUT2D eigenvalue weighted by molar-refractivity contribution is 6.29. The van der Waals surface area contributed by atoms with Crippen molar-refractivity contribution in [2.75, 3.05) is 24.4 Å². The van der Waals surface area contributed by atoms with Gasteiger partial charge in [-0.2, -0.15) is 0 Å². The van der Waals surface area contributed by atoms with Gasteiger partial charge in [-0.1, -0.05) is 6.07 Å². The van der Waals surface area contributed by atoms with Gasteiger partial charge in [0.05, 0.1) is 12.7 Å². The van der Waals surface area contributed by atoms with Crippen LogP contribution in [0.2, 0.25) is 0 Å². The predicted molar refractivity (Wildman–Crippen MR) is 69.2 cm³/mol. The first-order chi connectivity index (χ1) is 8.69. The summed E-state index contributed by atoms with van der Waals surface area (Å²) in [7, 11) is 1.35. The Morgan fingerprint density at radius 3 is 2.89 bits per heavy atom. The molecule has 96 valence electrons. The number of carbonyl (C=O) groups is 2.